The third kappa shape index (κ3) is 1.92. The van der Waals surface area contributed by atoms with Crippen molar-refractivity contribution >= 4 is 17.6 Å². The minimum atomic E-state index is -1.00. The van der Waals surface area contributed by atoms with Crippen molar-refractivity contribution in [3.05, 3.63) is 59.1 Å². The van der Waals surface area contributed by atoms with Gasteiger partial charge in [-0.1, -0.05) is 48.0 Å². The molecule has 16 heavy (non-hydrogen) atoms. The molecule has 0 unspecified atom stereocenters. The van der Waals surface area contributed by atoms with Gasteiger partial charge in [-0.25, -0.2) is 4.79 Å². The molecule has 2 nitrogen and oxygen atoms in total. The van der Waals surface area contributed by atoms with Crippen LogP contribution in [0.2, 0.25) is 5.02 Å². The second kappa shape index (κ2) is 4.37. The Morgan fingerprint density at radius 1 is 1.12 bits per heavy atom. The number of carboxylic acid groups (broad SMARTS) is 1. The summed E-state index contributed by atoms with van der Waals surface area (Å²) in [6.45, 7) is 0. The van der Waals surface area contributed by atoms with Crippen LogP contribution in [0.1, 0.15) is 10.4 Å². The molecule has 79 valence electrons. The predicted octanol–water partition coefficient (Wildman–Crippen LogP) is 3.51. The minimum absolute atomic E-state index is 0.135. The molecule has 0 bridgehead atoms. The average molecular weight is 232 g/mol. The molecule has 0 amide bonds. The summed E-state index contributed by atoms with van der Waals surface area (Å²) in [6, 6.07) is 14.9. The molecule has 2 aromatic rings. The fraction of sp³-hybridized carbons (Fsp3) is 0. The molecule has 0 heterocycles. The molecule has 0 saturated heterocycles. The van der Waals surface area contributed by atoms with Gasteiger partial charge in [0.15, 0.2) is 0 Å². The second-order valence-electron chi connectivity index (χ2n) is 3.24. The first kappa shape index (κ1) is 10.7. The largest absolute Gasteiger partial charge is 0.478 e. The summed E-state index contributed by atoms with van der Waals surface area (Å²) in [5, 5.41) is 9.58. The number of carboxylic acids is 1. The Labute approximate surface area is 98.1 Å². The molecule has 0 aliphatic heterocycles. The Balaban J connectivity index is 2.65. The zero-order valence-corrected chi connectivity index (χ0v) is 9.03. The summed E-state index contributed by atoms with van der Waals surface area (Å²) < 4.78 is 0. The number of carbonyl (C=O) groups is 1. The van der Waals surface area contributed by atoms with E-state index >= 15 is 0 Å². The van der Waals surface area contributed by atoms with Crippen LogP contribution in [0.4, 0.5) is 0 Å². The van der Waals surface area contributed by atoms with E-state index in [1.807, 2.05) is 6.07 Å². The number of halogens is 1. The van der Waals surface area contributed by atoms with Crippen LogP contribution in [0.3, 0.4) is 0 Å². The molecular weight excluding hydrogens is 224 g/mol. The van der Waals surface area contributed by atoms with Gasteiger partial charge in [0.1, 0.15) is 0 Å². The van der Waals surface area contributed by atoms with Crippen molar-refractivity contribution in [2.45, 2.75) is 0 Å². The molecule has 0 fully saturated rings. The number of benzene rings is 2. The fourth-order valence-electron chi connectivity index (χ4n) is 1.52. The molecule has 0 aliphatic rings. The Bertz CT molecular complexity index is 535. The molecule has 3 heteroatoms. The van der Waals surface area contributed by atoms with Gasteiger partial charge in [-0.05, 0) is 17.7 Å². The molecule has 1 radical (unpaired) electrons. The summed E-state index contributed by atoms with van der Waals surface area (Å²) in [4.78, 5) is 11.0. The molecule has 1 N–H and O–H groups in total. The van der Waals surface area contributed by atoms with Crippen LogP contribution in [0.15, 0.2) is 42.5 Å². The van der Waals surface area contributed by atoms with Gasteiger partial charge in [-0.3, -0.25) is 0 Å². The number of hydrogen-bond donors (Lipinski definition) is 1. The number of aromatic carboxylic acids is 1. The molecule has 2 rings (SSSR count). The van der Waals surface area contributed by atoms with E-state index in [1.54, 1.807) is 36.4 Å². The summed E-state index contributed by atoms with van der Waals surface area (Å²) in [6.07, 6.45) is 0. The van der Waals surface area contributed by atoms with E-state index in [9.17, 15) is 4.79 Å². The van der Waals surface area contributed by atoms with E-state index in [2.05, 4.69) is 6.07 Å². The van der Waals surface area contributed by atoms with Gasteiger partial charge in [-0.15, -0.1) is 0 Å². The van der Waals surface area contributed by atoms with Crippen LogP contribution in [0, 0.1) is 6.07 Å². The third-order valence-electron chi connectivity index (χ3n) is 2.23. The van der Waals surface area contributed by atoms with Crippen LogP contribution in [0.5, 0.6) is 0 Å². The Morgan fingerprint density at radius 2 is 1.81 bits per heavy atom. The van der Waals surface area contributed by atoms with Crippen LogP contribution < -0.4 is 0 Å². The van der Waals surface area contributed by atoms with Crippen molar-refractivity contribution in [2.24, 2.45) is 0 Å². The fourth-order valence-corrected chi connectivity index (χ4v) is 1.76. The molecular formula is C13H8ClO2. The summed E-state index contributed by atoms with van der Waals surface area (Å²) in [5.41, 5.74) is 1.43. The Morgan fingerprint density at radius 3 is 2.50 bits per heavy atom. The Kier molecular flexibility index (Phi) is 2.93. The molecule has 0 atom stereocenters. The smallest absolute Gasteiger partial charge is 0.336 e. The lowest BCUT2D eigenvalue weighted by Crippen LogP contribution is -1.99. The van der Waals surface area contributed by atoms with Crippen LogP contribution in [-0.2, 0) is 0 Å². The van der Waals surface area contributed by atoms with Crippen molar-refractivity contribution in [1.29, 1.82) is 0 Å². The van der Waals surface area contributed by atoms with Gasteiger partial charge in [0.25, 0.3) is 0 Å². The van der Waals surface area contributed by atoms with Gasteiger partial charge in [0.05, 0.1) is 5.56 Å². The first-order valence-corrected chi connectivity index (χ1v) is 5.07. The molecule has 2 aromatic carbocycles. The highest BCUT2D eigenvalue weighted by molar-refractivity contribution is 6.33. The SMILES string of the molecule is O=C(O)c1[c]cccc1-c1ccccc1Cl. The quantitative estimate of drug-likeness (QED) is 0.859. The van der Waals surface area contributed by atoms with Gasteiger partial charge in [-0.2, -0.15) is 0 Å². The van der Waals surface area contributed by atoms with E-state index in [-0.39, 0.29) is 5.56 Å². The average Bonchev–Trinajstić information content (AvgIpc) is 2.29. The highest BCUT2D eigenvalue weighted by Gasteiger charge is 2.12. The van der Waals surface area contributed by atoms with E-state index in [4.69, 9.17) is 16.7 Å². The van der Waals surface area contributed by atoms with E-state index in [0.717, 1.165) is 0 Å². The predicted molar refractivity (Wildman–Crippen MR) is 62.7 cm³/mol. The monoisotopic (exact) mass is 231 g/mol. The second-order valence-corrected chi connectivity index (χ2v) is 3.65. The zero-order valence-electron chi connectivity index (χ0n) is 8.27. The highest BCUT2D eigenvalue weighted by Crippen LogP contribution is 2.29. The molecule has 0 saturated carbocycles. The van der Waals surface area contributed by atoms with Gasteiger partial charge >= 0.3 is 5.97 Å². The topological polar surface area (TPSA) is 37.3 Å². The van der Waals surface area contributed by atoms with Gasteiger partial charge in [0, 0.05) is 10.6 Å². The first-order valence-electron chi connectivity index (χ1n) is 4.69. The van der Waals surface area contributed by atoms with Gasteiger partial charge < -0.3 is 5.11 Å². The lowest BCUT2D eigenvalue weighted by molar-refractivity contribution is 0.0697. The maximum absolute atomic E-state index is 11.0. The van der Waals surface area contributed by atoms with Crippen molar-refractivity contribution in [3.8, 4) is 11.1 Å². The normalized spacial score (nSPS) is 10.1. The molecule has 0 spiro atoms. The van der Waals surface area contributed by atoms with Crippen LogP contribution in [0.25, 0.3) is 11.1 Å². The lowest BCUT2D eigenvalue weighted by Gasteiger charge is -2.07. The summed E-state index contributed by atoms with van der Waals surface area (Å²) in [5.74, 6) is -1.00. The summed E-state index contributed by atoms with van der Waals surface area (Å²) >= 11 is 6.03. The molecule has 0 aliphatic carbocycles. The minimum Gasteiger partial charge on any atom is -0.478 e. The maximum Gasteiger partial charge on any atom is 0.336 e. The number of hydrogen-bond acceptors (Lipinski definition) is 1. The van der Waals surface area contributed by atoms with E-state index in [1.165, 1.54) is 0 Å². The number of rotatable bonds is 2. The van der Waals surface area contributed by atoms with Crippen LogP contribution >= 0.6 is 11.6 Å². The van der Waals surface area contributed by atoms with Crippen molar-refractivity contribution in [1.82, 2.24) is 0 Å². The first-order chi connectivity index (χ1) is 7.70. The van der Waals surface area contributed by atoms with Crippen molar-refractivity contribution < 1.29 is 9.90 Å². The van der Waals surface area contributed by atoms with Crippen LogP contribution in [-0.4, -0.2) is 11.1 Å². The standard InChI is InChI=1S/C13H8ClO2/c14-12-8-4-3-6-10(12)9-5-1-2-7-11(9)13(15)16/h1-6,8H,(H,15,16). The highest BCUT2D eigenvalue weighted by atomic mass is 35.5. The zero-order chi connectivity index (χ0) is 11.5. The van der Waals surface area contributed by atoms with Crippen molar-refractivity contribution in [2.75, 3.05) is 0 Å². The maximum atomic E-state index is 11.0. The molecule has 0 aromatic heterocycles. The summed E-state index contributed by atoms with van der Waals surface area (Å²) in [7, 11) is 0. The van der Waals surface area contributed by atoms with Crippen molar-refractivity contribution in [3.63, 3.8) is 0 Å². The lowest BCUT2D eigenvalue weighted by atomic mass is 10.00. The van der Waals surface area contributed by atoms with E-state index < -0.39 is 5.97 Å². The van der Waals surface area contributed by atoms with Gasteiger partial charge in [0.2, 0.25) is 0 Å². The third-order valence-corrected chi connectivity index (χ3v) is 2.56. The Hall–Kier alpha value is -1.80. The van der Waals surface area contributed by atoms with E-state index in [0.29, 0.717) is 16.1 Å².